The van der Waals surface area contributed by atoms with Gasteiger partial charge in [-0.25, -0.2) is 4.98 Å². The Labute approximate surface area is 96.6 Å². The zero-order chi connectivity index (χ0) is 10.7. The highest BCUT2D eigenvalue weighted by Crippen LogP contribution is 2.25. The van der Waals surface area contributed by atoms with Gasteiger partial charge in [0.2, 0.25) is 0 Å². The van der Waals surface area contributed by atoms with Crippen LogP contribution in [0.25, 0.3) is 0 Å². The van der Waals surface area contributed by atoms with Crippen molar-refractivity contribution >= 4 is 29.1 Å². The zero-order valence-corrected chi connectivity index (χ0v) is 9.39. The first-order chi connectivity index (χ1) is 7.25. The Bertz CT molecular complexity index is 445. The Morgan fingerprint density at radius 3 is 3.00 bits per heavy atom. The van der Waals surface area contributed by atoms with Crippen LogP contribution in [0.4, 0.5) is 5.69 Å². The molecule has 1 heterocycles. The number of thioether (sulfide) groups is 1. The molecule has 2 rings (SSSR count). The summed E-state index contributed by atoms with van der Waals surface area (Å²) in [5.41, 5.74) is 7.39. The number of nitrogen functional groups attached to an aromatic ring is 1. The minimum absolute atomic E-state index is 0.583. The standard InChI is InChI=1S/C10H9ClN2OS/c11-8-2-1-7(5-9(8)12)6-15-10-13-3-4-14-10/h1-5H,6,12H2. The minimum atomic E-state index is 0.583. The topological polar surface area (TPSA) is 52.0 Å². The molecule has 15 heavy (non-hydrogen) atoms. The SMILES string of the molecule is Nc1cc(CSc2ncco2)ccc1Cl. The van der Waals surface area contributed by atoms with Crippen LogP contribution in [-0.2, 0) is 5.75 Å². The summed E-state index contributed by atoms with van der Waals surface area (Å²) in [6, 6.07) is 5.59. The van der Waals surface area contributed by atoms with E-state index in [0.29, 0.717) is 15.9 Å². The van der Waals surface area contributed by atoms with Gasteiger partial charge >= 0.3 is 0 Å². The highest BCUT2D eigenvalue weighted by molar-refractivity contribution is 7.98. The molecule has 0 aliphatic rings. The highest BCUT2D eigenvalue weighted by Gasteiger charge is 2.02. The zero-order valence-electron chi connectivity index (χ0n) is 7.81. The third-order valence-electron chi connectivity index (χ3n) is 1.83. The Hall–Kier alpha value is -1.13. The molecule has 2 N–H and O–H groups in total. The van der Waals surface area contributed by atoms with Gasteiger partial charge in [-0.2, -0.15) is 0 Å². The van der Waals surface area contributed by atoms with Gasteiger partial charge in [-0.15, -0.1) is 0 Å². The number of hydrogen-bond acceptors (Lipinski definition) is 4. The minimum Gasteiger partial charge on any atom is -0.440 e. The molecule has 0 atom stereocenters. The van der Waals surface area contributed by atoms with Crippen LogP contribution in [0.2, 0.25) is 5.02 Å². The molecule has 0 aliphatic heterocycles. The number of benzene rings is 1. The molecule has 0 spiro atoms. The Kier molecular flexibility index (Phi) is 3.18. The first-order valence-corrected chi connectivity index (χ1v) is 5.68. The van der Waals surface area contributed by atoms with E-state index in [1.54, 1.807) is 18.5 Å². The van der Waals surface area contributed by atoms with Crippen molar-refractivity contribution in [3.8, 4) is 0 Å². The molecule has 0 fully saturated rings. The second-order valence-corrected chi connectivity index (χ2v) is 4.28. The molecule has 0 radical (unpaired) electrons. The van der Waals surface area contributed by atoms with Crippen molar-refractivity contribution in [1.29, 1.82) is 0 Å². The molecule has 5 heteroatoms. The predicted molar refractivity (Wildman–Crippen MR) is 61.9 cm³/mol. The van der Waals surface area contributed by atoms with Crippen LogP contribution in [0, 0.1) is 0 Å². The molecular formula is C10H9ClN2OS. The third kappa shape index (κ3) is 2.67. The van der Waals surface area contributed by atoms with Crippen molar-refractivity contribution in [2.45, 2.75) is 11.0 Å². The maximum absolute atomic E-state index is 5.82. The van der Waals surface area contributed by atoms with Crippen LogP contribution < -0.4 is 5.73 Å². The van der Waals surface area contributed by atoms with Gasteiger partial charge in [0, 0.05) is 5.75 Å². The Morgan fingerprint density at radius 2 is 2.33 bits per heavy atom. The number of halogens is 1. The average molecular weight is 241 g/mol. The Balaban J connectivity index is 2.02. The normalized spacial score (nSPS) is 10.5. The van der Waals surface area contributed by atoms with E-state index in [-0.39, 0.29) is 0 Å². The lowest BCUT2D eigenvalue weighted by atomic mass is 10.2. The average Bonchev–Trinajstić information content (AvgIpc) is 2.73. The fraction of sp³-hybridized carbons (Fsp3) is 0.100. The van der Waals surface area contributed by atoms with Gasteiger partial charge in [0.15, 0.2) is 0 Å². The van der Waals surface area contributed by atoms with Gasteiger partial charge in [0.1, 0.15) is 6.26 Å². The Morgan fingerprint density at radius 1 is 1.47 bits per heavy atom. The monoisotopic (exact) mass is 240 g/mol. The van der Waals surface area contributed by atoms with Gasteiger partial charge in [0.25, 0.3) is 5.22 Å². The van der Waals surface area contributed by atoms with E-state index in [1.165, 1.54) is 11.8 Å². The molecule has 0 saturated heterocycles. The predicted octanol–water partition coefficient (Wildman–Crippen LogP) is 3.20. The number of anilines is 1. The molecule has 78 valence electrons. The number of rotatable bonds is 3. The highest BCUT2D eigenvalue weighted by atomic mass is 35.5. The number of nitrogens with zero attached hydrogens (tertiary/aromatic N) is 1. The number of oxazole rings is 1. The van der Waals surface area contributed by atoms with Crippen LogP contribution in [0.5, 0.6) is 0 Å². The van der Waals surface area contributed by atoms with Crippen LogP contribution in [-0.4, -0.2) is 4.98 Å². The van der Waals surface area contributed by atoms with Gasteiger partial charge < -0.3 is 10.2 Å². The third-order valence-corrected chi connectivity index (χ3v) is 3.10. The molecule has 0 bridgehead atoms. The van der Waals surface area contributed by atoms with E-state index in [4.69, 9.17) is 21.8 Å². The fourth-order valence-corrected chi connectivity index (χ4v) is 1.96. The van der Waals surface area contributed by atoms with E-state index < -0.39 is 0 Å². The van der Waals surface area contributed by atoms with E-state index in [9.17, 15) is 0 Å². The quantitative estimate of drug-likeness (QED) is 0.661. The maximum Gasteiger partial charge on any atom is 0.255 e. The largest absolute Gasteiger partial charge is 0.440 e. The molecule has 1 aromatic heterocycles. The summed E-state index contributed by atoms with van der Waals surface area (Å²) in [5, 5.41) is 1.24. The maximum atomic E-state index is 5.82. The van der Waals surface area contributed by atoms with E-state index in [0.717, 1.165) is 11.3 Å². The van der Waals surface area contributed by atoms with Gasteiger partial charge in [0.05, 0.1) is 16.9 Å². The molecule has 0 saturated carbocycles. The molecule has 0 amide bonds. The van der Waals surface area contributed by atoms with Crippen molar-refractivity contribution in [3.05, 3.63) is 41.2 Å². The smallest absolute Gasteiger partial charge is 0.255 e. The summed E-state index contributed by atoms with van der Waals surface area (Å²) < 4.78 is 5.10. The molecular weight excluding hydrogens is 232 g/mol. The van der Waals surface area contributed by atoms with E-state index in [1.807, 2.05) is 12.1 Å². The summed E-state index contributed by atoms with van der Waals surface area (Å²) in [6.45, 7) is 0. The first-order valence-electron chi connectivity index (χ1n) is 4.32. The summed E-state index contributed by atoms with van der Waals surface area (Å²) in [7, 11) is 0. The number of hydrogen-bond donors (Lipinski definition) is 1. The van der Waals surface area contributed by atoms with Gasteiger partial charge in [-0.05, 0) is 17.7 Å². The van der Waals surface area contributed by atoms with Gasteiger partial charge in [-0.3, -0.25) is 0 Å². The van der Waals surface area contributed by atoms with Gasteiger partial charge in [-0.1, -0.05) is 29.4 Å². The first kappa shape index (κ1) is 10.4. The van der Waals surface area contributed by atoms with Crippen LogP contribution >= 0.6 is 23.4 Å². The van der Waals surface area contributed by atoms with Crippen molar-refractivity contribution in [2.24, 2.45) is 0 Å². The van der Waals surface area contributed by atoms with Crippen molar-refractivity contribution in [1.82, 2.24) is 4.98 Å². The van der Waals surface area contributed by atoms with Crippen molar-refractivity contribution < 1.29 is 4.42 Å². The van der Waals surface area contributed by atoms with Crippen molar-refractivity contribution in [3.63, 3.8) is 0 Å². The number of nitrogens with two attached hydrogens (primary N) is 1. The van der Waals surface area contributed by atoms with E-state index >= 15 is 0 Å². The summed E-state index contributed by atoms with van der Waals surface area (Å²) in [4.78, 5) is 4.01. The summed E-state index contributed by atoms with van der Waals surface area (Å²) in [5.74, 6) is 0.766. The molecule has 3 nitrogen and oxygen atoms in total. The second-order valence-electron chi connectivity index (χ2n) is 2.94. The van der Waals surface area contributed by atoms with Crippen LogP contribution in [0.3, 0.4) is 0 Å². The van der Waals surface area contributed by atoms with E-state index in [2.05, 4.69) is 4.98 Å². The van der Waals surface area contributed by atoms with Crippen LogP contribution in [0.1, 0.15) is 5.56 Å². The van der Waals surface area contributed by atoms with Crippen molar-refractivity contribution in [2.75, 3.05) is 5.73 Å². The lowest BCUT2D eigenvalue weighted by Gasteiger charge is -2.01. The lowest BCUT2D eigenvalue weighted by Crippen LogP contribution is -1.88. The number of aromatic nitrogens is 1. The molecule has 2 aromatic rings. The lowest BCUT2D eigenvalue weighted by molar-refractivity contribution is 0.454. The molecule has 0 unspecified atom stereocenters. The fourth-order valence-electron chi connectivity index (χ4n) is 1.11. The second kappa shape index (κ2) is 4.59. The summed E-state index contributed by atoms with van der Waals surface area (Å²) >= 11 is 7.34. The summed E-state index contributed by atoms with van der Waals surface area (Å²) in [6.07, 6.45) is 3.18. The van der Waals surface area contributed by atoms with Crippen LogP contribution in [0.15, 0.2) is 40.3 Å². The molecule has 1 aromatic carbocycles. The molecule has 0 aliphatic carbocycles.